The summed E-state index contributed by atoms with van der Waals surface area (Å²) in [5.41, 5.74) is 0.155. The average Bonchev–Trinajstić information content (AvgIpc) is 2.83. The third kappa shape index (κ3) is 2.82. The molecule has 104 valence electrons. The van der Waals surface area contributed by atoms with Gasteiger partial charge < -0.3 is 5.32 Å². The molecule has 1 aliphatic carbocycles. The van der Waals surface area contributed by atoms with E-state index in [0.29, 0.717) is 16.5 Å². The normalized spacial score (nSPS) is 25.8. The summed E-state index contributed by atoms with van der Waals surface area (Å²) in [6, 6.07) is 5.07. The van der Waals surface area contributed by atoms with Crippen molar-refractivity contribution in [3.63, 3.8) is 0 Å². The van der Waals surface area contributed by atoms with Crippen LogP contribution in [0.2, 0.25) is 10.0 Å². The van der Waals surface area contributed by atoms with Crippen molar-refractivity contribution in [1.82, 2.24) is 5.32 Å². The molecule has 1 aromatic rings. The van der Waals surface area contributed by atoms with Crippen LogP contribution in [-0.2, 0) is 4.79 Å². The van der Waals surface area contributed by atoms with E-state index in [0.717, 1.165) is 5.56 Å². The van der Waals surface area contributed by atoms with Crippen LogP contribution < -0.4 is 5.32 Å². The van der Waals surface area contributed by atoms with E-state index in [1.807, 2.05) is 13.0 Å². The second kappa shape index (κ2) is 5.00. The average molecular weight is 341 g/mol. The van der Waals surface area contributed by atoms with Crippen molar-refractivity contribution in [3.8, 4) is 0 Å². The predicted octanol–water partition coefficient (Wildman–Crippen LogP) is 4.75. The van der Waals surface area contributed by atoms with Gasteiger partial charge in [-0.3, -0.25) is 4.79 Å². The molecule has 1 saturated carbocycles. The molecule has 0 aromatic heterocycles. The zero-order valence-electron chi connectivity index (χ0n) is 10.4. The first-order chi connectivity index (χ1) is 8.67. The van der Waals surface area contributed by atoms with Crippen molar-refractivity contribution in [3.05, 3.63) is 33.8 Å². The first-order valence-corrected chi connectivity index (χ1v) is 7.32. The van der Waals surface area contributed by atoms with Crippen molar-refractivity contribution >= 4 is 52.3 Å². The fraction of sp³-hybridized carbons (Fsp3) is 0.462. The maximum absolute atomic E-state index is 12.1. The van der Waals surface area contributed by atoms with Crippen molar-refractivity contribution in [2.24, 2.45) is 5.41 Å². The highest BCUT2D eigenvalue weighted by molar-refractivity contribution is 6.53. The second-order valence-corrected chi connectivity index (χ2v) is 7.38. The Morgan fingerprint density at radius 3 is 2.37 bits per heavy atom. The summed E-state index contributed by atoms with van der Waals surface area (Å²) in [5.74, 6) is -0.156. The van der Waals surface area contributed by atoms with Crippen molar-refractivity contribution in [1.29, 1.82) is 0 Å². The van der Waals surface area contributed by atoms with E-state index in [1.54, 1.807) is 19.1 Å². The van der Waals surface area contributed by atoms with Crippen LogP contribution in [0, 0.1) is 5.41 Å². The van der Waals surface area contributed by atoms with E-state index in [2.05, 4.69) is 5.32 Å². The standard InChI is InChI=1S/C13H13Cl4NO/c1-7(8-3-4-9(14)10(15)5-8)18-11(19)12(2)6-13(12,16)17/h3-5,7H,6H2,1-2H3,(H,18,19). The summed E-state index contributed by atoms with van der Waals surface area (Å²) in [5, 5.41) is 3.84. The molecule has 2 atom stereocenters. The van der Waals surface area contributed by atoms with Gasteiger partial charge in [0.1, 0.15) is 4.33 Å². The summed E-state index contributed by atoms with van der Waals surface area (Å²) in [4.78, 5) is 12.1. The molecule has 2 unspecified atom stereocenters. The third-order valence-electron chi connectivity index (χ3n) is 3.55. The molecular weight excluding hydrogens is 328 g/mol. The van der Waals surface area contributed by atoms with Gasteiger partial charge in [0.2, 0.25) is 5.91 Å². The minimum absolute atomic E-state index is 0.156. The summed E-state index contributed by atoms with van der Waals surface area (Å²) in [7, 11) is 0. The van der Waals surface area contributed by atoms with Gasteiger partial charge in [0, 0.05) is 0 Å². The van der Waals surface area contributed by atoms with Gasteiger partial charge in [-0.05, 0) is 38.0 Å². The number of halogens is 4. The molecule has 0 saturated heterocycles. The molecule has 19 heavy (non-hydrogen) atoms. The van der Waals surface area contributed by atoms with Gasteiger partial charge in [0.15, 0.2) is 0 Å². The monoisotopic (exact) mass is 339 g/mol. The molecule has 1 fully saturated rings. The number of hydrogen-bond acceptors (Lipinski definition) is 1. The van der Waals surface area contributed by atoms with Crippen molar-refractivity contribution < 1.29 is 4.79 Å². The van der Waals surface area contributed by atoms with E-state index in [4.69, 9.17) is 46.4 Å². The van der Waals surface area contributed by atoms with Crippen LogP contribution in [0.25, 0.3) is 0 Å². The molecule has 0 aliphatic heterocycles. The van der Waals surface area contributed by atoms with Gasteiger partial charge in [0.25, 0.3) is 0 Å². The molecule has 1 amide bonds. The van der Waals surface area contributed by atoms with Gasteiger partial charge in [-0.15, -0.1) is 23.2 Å². The minimum Gasteiger partial charge on any atom is -0.349 e. The largest absolute Gasteiger partial charge is 0.349 e. The molecule has 0 radical (unpaired) electrons. The van der Waals surface area contributed by atoms with Gasteiger partial charge in [-0.2, -0.15) is 0 Å². The predicted molar refractivity (Wildman–Crippen MR) is 80.2 cm³/mol. The molecule has 0 bridgehead atoms. The summed E-state index contributed by atoms with van der Waals surface area (Å²) >= 11 is 23.8. The molecule has 2 rings (SSSR count). The quantitative estimate of drug-likeness (QED) is 0.790. The van der Waals surface area contributed by atoms with Crippen LogP contribution in [0.15, 0.2) is 18.2 Å². The molecule has 1 N–H and O–H groups in total. The van der Waals surface area contributed by atoms with Crippen LogP contribution in [0.4, 0.5) is 0 Å². The highest BCUT2D eigenvalue weighted by Crippen LogP contribution is 2.63. The Morgan fingerprint density at radius 2 is 1.89 bits per heavy atom. The van der Waals surface area contributed by atoms with Gasteiger partial charge in [-0.1, -0.05) is 29.3 Å². The Labute approximate surface area is 132 Å². The van der Waals surface area contributed by atoms with Crippen molar-refractivity contribution in [2.45, 2.75) is 30.6 Å². The zero-order chi connectivity index (χ0) is 14.4. The zero-order valence-corrected chi connectivity index (χ0v) is 13.5. The van der Waals surface area contributed by atoms with E-state index in [9.17, 15) is 4.79 Å². The topological polar surface area (TPSA) is 29.1 Å². The first kappa shape index (κ1) is 15.2. The summed E-state index contributed by atoms with van der Waals surface area (Å²) in [6.45, 7) is 3.62. The Balaban J connectivity index is 2.07. The number of amides is 1. The Kier molecular flexibility index (Phi) is 4.01. The Bertz CT molecular complexity index is 531. The van der Waals surface area contributed by atoms with Gasteiger partial charge in [-0.25, -0.2) is 0 Å². The summed E-state index contributed by atoms with van der Waals surface area (Å²) in [6.07, 6.45) is 0.461. The molecule has 0 heterocycles. The molecular formula is C13H13Cl4NO. The van der Waals surface area contributed by atoms with Crippen molar-refractivity contribution in [2.75, 3.05) is 0 Å². The first-order valence-electron chi connectivity index (χ1n) is 5.81. The number of carbonyl (C=O) groups is 1. The van der Waals surface area contributed by atoms with E-state index in [1.165, 1.54) is 0 Å². The highest BCUT2D eigenvalue weighted by atomic mass is 35.5. The molecule has 2 nitrogen and oxygen atoms in total. The number of alkyl halides is 2. The van der Waals surface area contributed by atoms with Crippen LogP contribution in [0.3, 0.4) is 0 Å². The number of nitrogens with one attached hydrogen (secondary N) is 1. The third-order valence-corrected chi connectivity index (χ3v) is 5.39. The van der Waals surface area contributed by atoms with Crippen LogP contribution >= 0.6 is 46.4 Å². The number of rotatable bonds is 3. The molecule has 0 spiro atoms. The summed E-state index contributed by atoms with van der Waals surface area (Å²) < 4.78 is -0.964. The lowest BCUT2D eigenvalue weighted by Crippen LogP contribution is -2.35. The lowest BCUT2D eigenvalue weighted by atomic mass is 10.1. The maximum Gasteiger partial charge on any atom is 0.229 e. The Hall–Kier alpha value is -0.150. The lowest BCUT2D eigenvalue weighted by molar-refractivity contribution is -0.126. The van der Waals surface area contributed by atoms with E-state index < -0.39 is 9.75 Å². The fourth-order valence-corrected chi connectivity index (χ4v) is 2.88. The van der Waals surface area contributed by atoms with Gasteiger partial charge in [0.05, 0.1) is 21.5 Å². The van der Waals surface area contributed by atoms with Gasteiger partial charge >= 0.3 is 0 Å². The number of carbonyl (C=O) groups excluding carboxylic acids is 1. The van der Waals surface area contributed by atoms with Crippen LogP contribution in [-0.4, -0.2) is 10.2 Å². The minimum atomic E-state index is -0.964. The van der Waals surface area contributed by atoms with E-state index in [-0.39, 0.29) is 11.9 Å². The number of hydrogen-bond donors (Lipinski definition) is 1. The SMILES string of the molecule is CC(NC(=O)C1(C)CC1(Cl)Cl)c1ccc(Cl)c(Cl)c1. The number of benzene rings is 1. The molecule has 1 aromatic carbocycles. The fourth-order valence-electron chi connectivity index (χ4n) is 1.87. The second-order valence-electron chi connectivity index (χ2n) is 5.08. The maximum atomic E-state index is 12.1. The lowest BCUT2D eigenvalue weighted by Gasteiger charge is -2.19. The van der Waals surface area contributed by atoms with E-state index >= 15 is 0 Å². The smallest absolute Gasteiger partial charge is 0.229 e. The Morgan fingerprint density at radius 1 is 1.32 bits per heavy atom. The van der Waals surface area contributed by atoms with Crippen LogP contribution in [0.5, 0.6) is 0 Å². The molecule has 6 heteroatoms. The van der Waals surface area contributed by atoms with Crippen LogP contribution in [0.1, 0.15) is 31.9 Å². The molecule has 1 aliphatic rings. The highest BCUT2D eigenvalue weighted by Gasteiger charge is 2.67.